The van der Waals surface area contributed by atoms with Crippen LogP contribution in [0.25, 0.3) is 0 Å². The van der Waals surface area contributed by atoms with Gasteiger partial charge in [-0.1, -0.05) is 18.2 Å². The Labute approximate surface area is 176 Å². The van der Waals surface area contributed by atoms with Crippen molar-refractivity contribution in [3.8, 4) is 11.5 Å². The second-order valence-electron chi connectivity index (χ2n) is 6.69. The van der Waals surface area contributed by atoms with Crippen LogP contribution in [-0.4, -0.2) is 32.7 Å². The number of anilines is 3. The molecule has 3 aromatic carbocycles. The van der Waals surface area contributed by atoms with Gasteiger partial charge in [0.2, 0.25) is 0 Å². The highest BCUT2D eigenvalue weighted by molar-refractivity contribution is 7.80. The summed E-state index contributed by atoms with van der Waals surface area (Å²) in [5.41, 5.74) is 3.19. The van der Waals surface area contributed by atoms with Crippen molar-refractivity contribution in [2.24, 2.45) is 0 Å². The minimum Gasteiger partial charge on any atom is -0.497 e. The molecule has 0 spiro atoms. The molecule has 0 atom stereocenters. The third kappa shape index (κ3) is 3.98. The predicted molar refractivity (Wildman–Crippen MR) is 122 cm³/mol. The Bertz CT molecular complexity index is 962. The summed E-state index contributed by atoms with van der Waals surface area (Å²) < 4.78 is 10.6. The van der Waals surface area contributed by atoms with Crippen molar-refractivity contribution in [2.75, 3.05) is 42.3 Å². The Balaban J connectivity index is 1.69. The van der Waals surface area contributed by atoms with Crippen molar-refractivity contribution in [1.82, 2.24) is 0 Å². The lowest BCUT2D eigenvalue weighted by atomic mass is 10.2. The van der Waals surface area contributed by atoms with Gasteiger partial charge in [-0.25, -0.2) is 0 Å². The highest BCUT2D eigenvalue weighted by Gasteiger charge is 2.29. The third-order valence-electron chi connectivity index (χ3n) is 4.98. The molecule has 148 valence electrons. The van der Waals surface area contributed by atoms with Gasteiger partial charge in [0.05, 0.1) is 27.6 Å². The van der Waals surface area contributed by atoms with Crippen LogP contribution >= 0.6 is 12.2 Å². The SMILES string of the molecule is COc1ccc(N2CN(c3ccccc3)C(=S)N(c3ccc(OC)cc3)C2)cc1. The summed E-state index contributed by atoms with van der Waals surface area (Å²) in [5.74, 6) is 1.66. The zero-order chi connectivity index (χ0) is 20.2. The van der Waals surface area contributed by atoms with E-state index < -0.39 is 0 Å². The number of rotatable bonds is 5. The average molecular weight is 406 g/mol. The maximum absolute atomic E-state index is 5.89. The molecule has 1 heterocycles. The quantitative estimate of drug-likeness (QED) is 0.570. The molecule has 3 aromatic rings. The molecule has 0 aromatic heterocycles. The molecule has 1 aliphatic heterocycles. The summed E-state index contributed by atoms with van der Waals surface area (Å²) >= 11 is 5.89. The number of para-hydroxylation sites is 1. The number of benzene rings is 3. The van der Waals surface area contributed by atoms with Crippen molar-refractivity contribution in [3.63, 3.8) is 0 Å². The van der Waals surface area contributed by atoms with Crippen LogP contribution in [0.15, 0.2) is 78.9 Å². The molecule has 0 radical (unpaired) electrons. The molecule has 1 aliphatic rings. The number of hydrogen-bond donors (Lipinski definition) is 0. The Hall–Kier alpha value is -3.25. The van der Waals surface area contributed by atoms with Crippen LogP contribution in [0.4, 0.5) is 17.1 Å². The minimum absolute atomic E-state index is 0.654. The van der Waals surface area contributed by atoms with Crippen LogP contribution < -0.4 is 24.2 Å². The van der Waals surface area contributed by atoms with E-state index >= 15 is 0 Å². The molecule has 6 heteroatoms. The van der Waals surface area contributed by atoms with Gasteiger partial charge in [0.1, 0.15) is 11.5 Å². The summed E-state index contributed by atoms with van der Waals surface area (Å²) in [6.45, 7) is 1.32. The number of thiocarbonyl (C=S) groups is 1. The smallest absolute Gasteiger partial charge is 0.183 e. The molecule has 1 saturated heterocycles. The number of nitrogens with zero attached hydrogens (tertiary/aromatic N) is 3. The van der Waals surface area contributed by atoms with Crippen LogP contribution in [0.5, 0.6) is 11.5 Å². The minimum atomic E-state index is 0.654. The first-order chi connectivity index (χ1) is 14.2. The van der Waals surface area contributed by atoms with Gasteiger partial charge >= 0.3 is 0 Å². The molecular weight excluding hydrogens is 382 g/mol. The number of hydrogen-bond acceptors (Lipinski definition) is 4. The third-order valence-corrected chi connectivity index (χ3v) is 5.42. The van der Waals surface area contributed by atoms with Crippen molar-refractivity contribution in [3.05, 3.63) is 78.9 Å². The van der Waals surface area contributed by atoms with Crippen molar-refractivity contribution in [1.29, 1.82) is 0 Å². The molecular formula is C23H23N3O2S. The molecule has 4 rings (SSSR count). The standard InChI is InChI=1S/C23H23N3O2S/c1-27-21-12-8-18(9-13-21)24-16-25(19-6-4-3-5-7-19)23(29)26(17-24)20-10-14-22(28-2)15-11-20/h3-15H,16-17H2,1-2H3. The van der Waals surface area contributed by atoms with Crippen LogP contribution in [0.1, 0.15) is 0 Å². The Kier molecular flexibility index (Phi) is 5.53. The molecule has 0 bridgehead atoms. The van der Waals surface area contributed by atoms with Gasteiger partial charge in [0.25, 0.3) is 0 Å². The van der Waals surface area contributed by atoms with E-state index in [4.69, 9.17) is 21.7 Å². The van der Waals surface area contributed by atoms with Crippen LogP contribution in [-0.2, 0) is 0 Å². The predicted octanol–water partition coefficient (Wildman–Crippen LogP) is 4.74. The molecule has 29 heavy (non-hydrogen) atoms. The molecule has 0 N–H and O–H groups in total. The van der Waals surface area contributed by atoms with E-state index in [9.17, 15) is 0 Å². The van der Waals surface area contributed by atoms with Gasteiger partial charge in [-0.2, -0.15) is 0 Å². The lowest BCUT2D eigenvalue weighted by molar-refractivity contribution is 0.415. The topological polar surface area (TPSA) is 28.2 Å². The molecule has 0 amide bonds. The monoisotopic (exact) mass is 405 g/mol. The van der Waals surface area contributed by atoms with Crippen LogP contribution in [0, 0.1) is 0 Å². The number of methoxy groups -OCH3 is 2. The maximum Gasteiger partial charge on any atom is 0.183 e. The van der Waals surface area contributed by atoms with Gasteiger partial charge in [0, 0.05) is 17.1 Å². The van der Waals surface area contributed by atoms with Crippen LogP contribution in [0.2, 0.25) is 0 Å². The highest BCUT2D eigenvalue weighted by atomic mass is 32.1. The summed E-state index contributed by atoms with van der Waals surface area (Å²) in [6, 6.07) is 26.3. The zero-order valence-electron chi connectivity index (χ0n) is 16.5. The lowest BCUT2D eigenvalue weighted by Crippen LogP contribution is -2.58. The fraction of sp³-hybridized carbons (Fsp3) is 0.174. The van der Waals surface area contributed by atoms with E-state index in [1.165, 1.54) is 0 Å². The van der Waals surface area contributed by atoms with E-state index in [1.807, 2.05) is 54.6 Å². The van der Waals surface area contributed by atoms with Gasteiger partial charge in [-0.3, -0.25) is 0 Å². The summed E-state index contributed by atoms with van der Waals surface area (Å²) in [4.78, 5) is 6.56. The zero-order valence-corrected chi connectivity index (χ0v) is 17.3. The molecule has 0 unspecified atom stereocenters. The molecule has 1 fully saturated rings. The first-order valence-corrected chi connectivity index (χ1v) is 9.77. The average Bonchev–Trinajstić information content (AvgIpc) is 2.80. The van der Waals surface area contributed by atoms with E-state index in [0.29, 0.717) is 13.3 Å². The van der Waals surface area contributed by atoms with Crippen molar-refractivity contribution < 1.29 is 9.47 Å². The highest BCUT2D eigenvalue weighted by Crippen LogP contribution is 2.29. The van der Waals surface area contributed by atoms with Crippen molar-refractivity contribution >= 4 is 34.4 Å². The summed E-state index contributed by atoms with van der Waals surface area (Å²) in [6.07, 6.45) is 0. The lowest BCUT2D eigenvalue weighted by Gasteiger charge is -2.45. The normalized spacial score (nSPS) is 14.1. The summed E-state index contributed by atoms with van der Waals surface area (Å²) in [5, 5.41) is 0.770. The van der Waals surface area contributed by atoms with E-state index in [2.05, 4.69) is 39.0 Å². The van der Waals surface area contributed by atoms with Crippen LogP contribution in [0.3, 0.4) is 0 Å². The Morgan fingerprint density at radius 1 is 0.621 bits per heavy atom. The molecule has 0 saturated carbocycles. The van der Waals surface area contributed by atoms with Gasteiger partial charge in [-0.05, 0) is 72.9 Å². The second-order valence-corrected chi connectivity index (χ2v) is 7.06. The maximum atomic E-state index is 5.89. The van der Waals surface area contributed by atoms with Gasteiger partial charge in [0.15, 0.2) is 5.11 Å². The van der Waals surface area contributed by atoms with E-state index in [1.54, 1.807) is 14.2 Å². The van der Waals surface area contributed by atoms with Gasteiger partial charge < -0.3 is 24.2 Å². The summed E-state index contributed by atoms with van der Waals surface area (Å²) in [7, 11) is 3.35. The number of ether oxygens (including phenoxy) is 2. The first-order valence-electron chi connectivity index (χ1n) is 9.37. The fourth-order valence-electron chi connectivity index (χ4n) is 3.36. The molecule has 0 aliphatic carbocycles. The van der Waals surface area contributed by atoms with E-state index in [-0.39, 0.29) is 0 Å². The molecule has 5 nitrogen and oxygen atoms in total. The Morgan fingerprint density at radius 2 is 1.07 bits per heavy atom. The fourth-order valence-corrected chi connectivity index (χ4v) is 3.69. The van der Waals surface area contributed by atoms with Crippen molar-refractivity contribution in [2.45, 2.75) is 0 Å². The first kappa shape index (κ1) is 19.1. The Morgan fingerprint density at radius 3 is 1.55 bits per heavy atom. The largest absolute Gasteiger partial charge is 0.497 e. The van der Waals surface area contributed by atoms with Gasteiger partial charge in [-0.15, -0.1) is 0 Å². The second kappa shape index (κ2) is 8.41. The van der Waals surface area contributed by atoms with E-state index in [0.717, 1.165) is 33.7 Å².